The molecule has 5 rings (SSSR count). The highest BCUT2D eigenvalue weighted by atomic mass is 32.2. The van der Waals surface area contributed by atoms with Gasteiger partial charge < -0.3 is 4.90 Å². The minimum atomic E-state index is -0.370. The van der Waals surface area contributed by atoms with Crippen molar-refractivity contribution in [2.45, 2.75) is 13.3 Å². The zero-order chi connectivity index (χ0) is 22.8. The Morgan fingerprint density at radius 1 is 1.06 bits per heavy atom. The maximum Gasteiger partial charge on any atom is 0.290 e. The molecule has 2 fully saturated rings. The van der Waals surface area contributed by atoms with Crippen molar-refractivity contribution in [2.24, 2.45) is 0 Å². The second-order valence-electron chi connectivity index (χ2n) is 8.08. The third-order valence-corrected chi connectivity index (χ3v) is 6.67. The summed E-state index contributed by atoms with van der Waals surface area (Å²) in [5.41, 5.74) is 3.30. The third-order valence-electron chi connectivity index (χ3n) is 5.86. The summed E-state index contributed by atoms with van der Waals surface area (Å²) in [5, 5.41) is 2.79. The first-order valence-corrected chi connectivity index (χ1v) is 11.9. The number of nitrogens with one attached hydrogen (secondary N) is 1. The summed E-state index contributed by atoms with van der Waals surface area (Å²) in [4.78, 5) is 42.2. The molecule has 2 aliphatic heterocycles. The molecular weight excluding hydrogens is 436 g/mol. The normalized spacial score (nSPS) is 18.3. The fourth-order valence-corrected chi connectivity index (χ4v) is 4.88. The number of amides is 2. The summed E-state index contributed by atoms with van der Waals surface area (Å²) in [6.07, 6.45) is 6.30. The molecule has 0 aliphatic carbocycles. The van der Waals surface area contributed by atoms with E-state index < -0.39 is 0 Å². The van der Waals surface area contributed by atoms with Crippen molar-refractivity contribution in [2.75, 3.05) is 37.6 Å². The van der Waals surface area contributed by atoms with Crippen LogP contribution >= 0.6 is 11.8 Å². The molecule has 1 aromatic carbocycles. The van der Waals surface area contributed by atoms with Crippen LogP contribution in [0.25, 0.3) is 28.2 Å². The molecule has 0 spiro atoms. The van der Waals surface area contributed by atoms with Gasteiger partial charge in [-0.3, -0.25) is 19.8 Å². The first-order chi connectivity index (χ1) is 16.1. The lowest BCUT2D eigenvalue weighted by molar-refractivity contribution is -0.115. The van der Waals surface area contributed by atoms with Crippen molar-refractivity contribution in [1.29, 1.82) is 0 Å². The van der Waals surface area contributed by atoms with Crippen molar-refractivity contribution >= 4 is 45.7 Å². The number of carbonyl (C=O) groups excluding carboxylic acids is 2. The largest absolute Gasteiger partial charge is 0.354 e. The maximum atomic E-state index is 11.9. The molecular formula is C24H24N6O2S. The number of piperazine rings is 1. The molecule has 2 saturated heterocycles. The Morgan fingerprint density at radius 2 is 1.91 bits per heavy atom. The molecule has 0 atom stereocenters. The van der Waals surface area contributed by atoms with Gasteiger partial charge in [0.2, 0.25) is 0 Å². The number of carbonyl (C=O) groups is 2. The highest BCUT2D eigenvalue weighted by Gasteiger charge is 2.25. The van der Waals surface area contributed by atoms with Crippen LogP contribution in [0.15, 0.2) is 47.8 Å². The van der Waals surface area contributed by atoms with E-state index >= 15 is 0 Å². The molecule has 0 radical (unpaired) electrons. The second-order valence-corrected chi connectivity index (χ2v) is 9.10. The Morgan fingerprint density at radius 3 is 2.61 bits per heavy atom. The molecule has 168 valence electrons. The predicted molar refractivity (Wildman–Crippen MR) is 131 cm³/mol. The molecule has 1 N–H and O–H groups in total. The molecule has 3 aromatic rings. The van der Waals surface area contributed by atoms with E-state index in [4.69, 9.17) is 4.98 Å². The smallest absolute Gasteiger partial charge is 0.290 e. The molecule has 0 unspecified atom stereocenters. The second kappa shape index (κ2) is 9.29. The fraction of sp³-hybridized carbons (Fsp3) is 0.292. The molecule has 9 heteroatoms. The summed E-state index contributed by atoms with van der Waals surface area (Å²) in [7, 11) is 0. The van der Waals surface area contributed by atoms with Crippen molar-refractivity contribution < 1.29 is 9.59 Å². The highest BCUT2D eigenvalue weighted by molar-refractivity contribution is 8.18. The van der Waals surface area contributed by atoms with Crippen LogP contribution in [0.4, 0.5) is 10.6 Å². The summed E-state index contributed by atoms with van der Waals surface area (Å²) in [5.74, 6) is 0.609. The zero-order valence-corrected chi connectivity index (χ0v) is 19.1. The van der Waals surface area contributed by atoms with Gasteiger partial charge in [0.15, 0.2) is 0 Å². The number of benzene rings is 1. The van der Waals surface area contributed by atoms with Crippen LogP contribution in [0, 0.1) is 0 Å². The molecule has 2 amide bonds. The minimum absolute atomic E-state index is 0.353. The van der Waals surface area contributed by atoms with Gasteiger partial charge in [-0.15, -0.1) is 0 Å². The molecule has 2 aliphatic rings. The van der Waals surface area contributed by atoms with E-state index in [9.17, 15) is 9.59 Å². The lowest BCUT2D eigenvalue weighted by atomic mass is 10.1. The zero-order valence-electron chi connectivity index (χ0n) is 18.3. The number of hydrogen-bond donors (Lipinski definition) is 1. The monoisotopic (exact) mass is 460 g/mol. The van der Waals surface area contributed by atoms with Gasteiger partial charge >= 0.3 is 0 Å². The highest BCUT2D eigenvalue weighted by Crippen LogP contribution is 2.30. The number of fused-ring (bicyclic) bond motifs is 1. The molecule has 33 heavy (non-hydrogen) atoms. The van der Waals surface area contributed by atoms with Crippen LogP contribution in [0.5, 0.6) is 0 Å². The number of rotatable bonds is 5. The Labute approximate surface area is 196 Å². The molecule has 4 heterocycles. The Kier molecular flexibility index (Phi) is 6.06. The Bertz CT molecular complexity index is 1240. The first-order valence-electron chi connectivity index (χ1n) is 11.0. The van der Waals surface area contributed by atoms with E-state index in [-0.39, 0.29) is 11.1 Å². The number of nitrogens with zero attached hydrogens (tertiary/aromatic N) is 5. The molecule has 0 saturated carbocycles. The van der Waals surface area contributed by atoms with Gasteiger partial charge in [-0.1, -0.05) is 13.0 Å². The fourth-order valence-electron chi connectivity index (χ4n) is 4.20. The third kappa shape index (κ3) is 4.60. The van der Waals surface area contributed by atoms with E-state index in [1.54, 1.807) is 12.4 Å². The van der Waals surface area contributed by atoms with E-state index in [0.29, 0.717) is 4.91 Å². The van der Waals surface area contributed by atoms with E-state index in [0.717, 1.165) is 78.0 Å². The quantitative estimate of drug-likeness (QED) is 0.578. The summed E-state index contributed by atoms with van der Waals surface area (Å²) < 4.78 is 0. The summed E-state index contributed by atoms with van der Waals surface area (Å²) >= 11 is 0.905. The number of hydrogen-bond acceptors (Lipinski definition) is 8. The van der Waals surface area contributed by atoms with Gasteiger partial charge in [0.1, 0.15) is 12.1 Å². The van der Waals surface area contributed by atoms with Crippen molar-refractivity contribution in [3.8, 4) is 11.3 Å². The maximum absolute atomic E-state index is 11.9. The minimum Gasteiger partial charge on any atom is -0.354 e. The number of aromatic nitrogens is 3. The number of anilines is 1. The number of pyridine rings is 1. The van der Waals surface area contributed by atoms with Crippen LogP contribution in [0.1, 0.15) is 18.9 Å². The van der Waals surface area contributed by atoms with E-state index in [1.807, 2.05) is 30.5 Å². The van der Waals surface area contributed by atoms with Gasteiger partial charge in [-0.2, -0.15) is 0 Å². The van der Waals surface area contributed by atoms with Gasteiger partial charge in [0, 0.05) is 43.3 Å². The van der Waals surface area contributed by atoms with Crippen LogP contribution in [-0.4, -0.2) is 63.7 Å². The van der Waals surface area contributed by atoms with Crippen LogP contribution < -0.4 is 10.2 Å². The lowest BCUT2D eigenvalue weighted by Gasteiger charge is -2.35. The number of thioether (sulfide) groups is 1. The standard InChI is InChI=1S/C24H24N6O2S/c1-2-7-29-8-10-30(11-9-29)21-6-4-17(14-25-21)22-18-12-16(3-5-19(18)26-15-27-22)13-20-23(31)28-24(32)33-20/h3-6,12-15H,2,7-11H2,1H3,(H,28,31,32). The average Bonchev–Trinajstić information content (AvgIpc) is 3.16. The first kappa shape index (κ1) is 21.5. The molecule has 8 nitrogen and oxygen atoms in total. The van der Waals surface area contributed by atoms with Gasteiger partial charge in [0.25, 0.3) is 11.1 Å². The summed E-state index contributed by atoms with van der Waals surface area (Å²) in [6.45, 7) is 7.46. The van der Waals surface area contributed by atoms with E-state index in [1.165, 1.54) is 6.42 Å². The SMILES string of the molecule is CCCN1CCN(c2ccc(-c3ncnc4ccc(C=C5SC(=O)NC5=O)cc34)cn2)CC1. The van der Waals surface area contributed by atoms with Crippen LogP contribution in [0.3, 0.4) is 0 Å². The topological polar surface area (TPSA) is 91.3 Å². The predicted octanol–water partition coefficient (Wildman–Crippen LogP) is 3.55. The summed E-state index contributed by atoms with van der Waals surface area (Å²) in [6, 6.07) is 9.81. The van der Waals surface area contributed by atoms with Gasteiger partial charge in [-0.05, 0) is 60.6 Å². The lowest BCUT2D eigenvalue weighted by Crippen LogP contribution is -2.46. The average molecular weight is 461 g/mol. The van der Waals surface area contributed by atoms with E-state index in [2.05, 4.69) is 38.1 Å². The number of imide groups is 1. The van der Waals surface area contributed by atoms with Crippen molar-refractivity contribution in [3.63, 3.8) is 0 Å². The van der Waals surface area contributed by atoms with Crippen LogP contribution in [-0.2, 0) is 4.79 Å². The Balaban J connectivity index is 1.41. The van der Waals surface area contributed by atoms with Gasteiger partial charge in [0.05, 0.1) is 16.1 Å². The molecule has 2 aromatic heterocycles. The Hall–Kier alpha value is -3.30. The molecule has 0 bridgehead atoms. The van der Waals surface area contributed by atoms with Crippen LogP contribution in [0.2, 0.25) is 0 Å². The van der Waals surface area contributed by atoms with Crippen molar-refractivity contribution in [1.82, 2.24) is 25.2 Å². The van der Waals surface area contributed by atoms with Crippen molar-refractivity contribution in [3.05, 3.63) is 53.3 Å². The van der Waals surface area contributed by atoms with Gasteiger partial charge in [-0.25, -0.2) is 15.0 Å².